The van der Waals surface area contributed by atoms with Gasteiger partial charge in [0, 0.05) is 23.4 Å². The molecule has 9 atom stereocenters. The first kappa shape index (κ1) is 29.1. The number of fused-ring (bicyclic) bond motifs is 2. The summed E-state index contributed by atoms with van der Waals surface area (Å²) in [5.41, 5.74) is -1.08. The van der Waals surface area contributed by atoms with Crippen molar-refractivity contribution in [3.63, 3.8) is 0 Å². The van der Waals surface area contributed by atoms with Gasteiger partial charge in [-0.25, -0.2) is 0 Å². The molecule has 3 aliphatic carbocycles. The van der Waals surface area contributed by atoms with Crippen LogP contribution in [-0.4, -0.2) is 88.3 Å². The molecular formula is C32H55ClN2O4. The van der Waals surface area contributed by atoms with Gasteiger partial charge in [0.2, 0.25) is 0 Å². The molecule has 0 bridgehead atoms. The molecule has 3 heterocycles. The fourth-order valence-electron chi connectivity index (χ4n) is 10.3. The maximum absolute atomic E-state index is 12.0. The zero-order valence-corrected chi connectivity index (χ0v) is 25.7. The monoisotopic (exact) mass is 566 g/mol. The number of piperidine rings is 1. The number of nitrogens with zero attached hydrogens (tertiary/aromatic N) is 1. The van der Waals surface area contributed by atoms with Crippen molar-refractivity contribution >= 4 is 11.6 Å². The highest BCUT2D eigenvalue weighted by molar-refractivity contribution is 6.20. The van der Waals surface area contributed by atoms with Crippen molar-refractivity contribution < 1.29 is 19.7 Å². The van der Waals surface area contributed by atoms with E-state index in [0.29, 0.717) is 41.2 Å². The summed E-state index contributed by atoms with van der Waals surface area (Å²) in [5.74, 6) is 2.22. The van der Waals surface area contributed by atoms with Gasteiger partial charge in [-0.1, -0.05) is 13.8 Å². The molecule has 3 saturated heterocycles. The number of alkyl halides is 1. The van der Waals surface area contributed by atoms with Gasteiger partial charge >= 0.3 is 0 Å². The average Bonchev–Trinajstić information content (AvgIpc) is 3.76. The summed E-state index contributed by atoms with van der Waals surface area (Å²) >= 11 is 6.41. The van der Waals surface area contributed by atoms with E-state index in [1.54, 1.807) is 0 Å². The molecule has 6 rings (SSSR count). The molecule has 3 N–H and O–H groups in total. The molecule has 39 heavy (non-hydrogen) atoms. The first-order valence-electron chi connectivity index (χ1n) is 16.3. The Morgan fingerprint density at radius 2 is 1.85 bits per heavy atom. The first-order valence-corrected chi connectivity index (χ1v) is 16.7. The lowest BCUT2D eigenvalue weighted by molar-refractivity contribution is -0.137. The molecule has 0 amide bonds. The first-order chi connectivity index (χ1) is 18.5. The summed E-state index contributed by atoms with van der Waals surface area (Å²) < 4.78 is 13.0. The van der Waals surface area contributed by atoms with Crippen molar-refractivity contribution in [1.29, 1.82) is 0 Å². The van der Waals surface area contributed by atoms with Crippen molar-refractivity contribution in [2.24, 2.45) is 29.1 Å². The summed E-state index contributed by atoms with van der Waals surface area (Å²) in [5, 5.41) is 25.9. The number of halogens is 1. The molecule has 6 nitrogen and oxygen atoms in total. The third-order valence-corrected chi connectivity index (χ3v) is 12.9. The second kappa shape index (κ2) is 10.6. The molecule has 6 aliphatic rings. The third kappa shape index (κ3) is 4.84. The van der Waals surface area contributed by atoms with Crippen LogP contribution in [0, 0.1) is 29.1 Å². The molecule has 3 aliphatic heterocycles. The minimum absolute atomic E-state index is 0.00645. The maximum Gasteiger partial charge on any atom is 0.0947 e. The van der Waals surface area contributed by atoms with Crippen molar-refractivity contribution in [2.45, 2.75) is 139 Å². The predicted molar refractivity (Wildman–Crippen MR) is 155 cm³/mol. The van der Waals surface area contributed by atoms with Gasteiger partial charge in [-0.3, -0.25) is 4.90 Å². The molecule has 0 aromatic rings. The van der Waals surface area contributed by atoms with E-state index in [0.717, 1.165) is 71.2 Å². The number of hydrogen-bond donors (Lipinski definition) is 3. The van der Waals surface area contributed by atoms with E-state index >= 15 is 0 Å². The Hall–Kier alpha value is 0.0500. The van der Waals surface area contributed by atoms with Gasteiger partial charge in [-0.15, -0.1) is 11.6 Å². The molecule has 3 saturated carbocycles. The molecule has 0 aromatic heterocycles. The van der Waals surface area contributed by atoms with Gasteiger partial charge in [0.05, 0.1) is 42.2 Å². The van der Waals surface area contributed by atoms with Gasteiger partial charge in [0.1, 0.15) is 0 Å². The highest BCUT2D eigenvalue weighted by atomic mass is 35.5. The van der Waals surface area contributed by atoms with Crippen LogP contribution in [0.2, 0.25) is 0 Å². The van der Waals surface area contributed by atoms with Crippen molar-refractivity contribution in [3.05, 3.63) is 0 Å². The predicted octanol–water partition coefficient (Wildman–Crippen LogP) is 4.73. The number of ether oxygens (including phenoxy) is 2. The minimum Gasteiger partial charge on any atom is -0.393 e. The smallest absolute Gasteiger partial charge is 0.0947 e. The molecule has 0 radical (unpaired) electrons. The average molecular weight is 567 g/mol. The second-order valence-corrected chi connectivity index (χ2v) is 15.9. The quantitative estimate of drug-likeness (QED) is 0.291. The van der Waals surface area contributed by atoms with Crippen LogP contribution < -0.4 is 5.32 Å². The van der Waals surface area contributed by atoms with Crippen LogP contribution in [0.3, 0.4) is 0 Å². The number of hydrogen-bond acceptors (Lipinski definition) is 6. The van der Waals surface area contributed by atoms with E-state index in [2.05, 4.69) is 24.1 Å². The number of nitrogens with one attached hydrogen (secondary N) is 1. The van der Waals surface area contributed by atoms with Crippen LogP contribution >= 0.6 is 11.6 Å². The van der Waals surface area contributed by atoms with E-state index in [-0.39, 0.29) is 23.7 Å². The van der Waals surface area contributed by atoms with Gasteiger partial charge in [0.25, 0.3) is 0 Å². The van der Waals surface area contributed by atoms with E-state index in [1.807, 2.05) is 13.8 Å². The SMILES string of the molecule is CC(C)(CO)O[C@H]1CCC2OC[C@H]3NCCCC3C(CCCN3CC34C(C)(C)C4(O)[C@H]3CC[C@@H](Cl)CC3)C2C1. The van der Waals surface area contributed by atoms with Crippen LogP contribution in [0.1, 0.15) is 98.3 Å². The van der Waals surface area contributed by atoms with E-state index in [9.17, 15) is 10.2 Å². The molecule has 1 spiro atoms. The molecule has 6 fully saturated rings. The molecule has 7 unspecified atom stereocenters. The molecule has 224 valence electrons. The summed E-state index contributed by atoms with van der Waals surface area (Å²) in [6.07, 6.45) is 12.9. The van der Waals surface area contributed by atoms with Crippen molar-refractivity contribution in [1.82, 2.24) is 10.2 Å². The fraction of sp³-hybridized carbons (Fsp3) is 1.00. The standard InChI is InChI=1S/C32H55ClN2O4/c1-29(2,20-36)39-23-13-14-28-26(17-23)24(25-7-5-15-34-27(25)18-38-28)8-6-16-35-19-31(35)30(3,4)32(31,37)21-9-11-22(33)12-10-21/h21-28,34,36-37H,5-20H2,1-4H3/t21-,22+,23-,24?,25?,26?,27+,28?,31?,32?,35?/m0/s1. The lowest BCUT2D eigenvalue weighted by Gasteiger charge is -2.44. The van der Waals surface area contributed by atoms with E-state index in [4.69, 9.17) is 21.1 Å². The van der Waals surface area contributed by atoms with Gasteiger partial charge in [0.15, 0.2) is 0 Å². The van der Waals surface area contributed by atoms with E-state index < -0.39 is 11.2 Å². The third-order valence-electron chi connectivity index (χ3n) is 12.5. The Kier molecular flexibility index (Phi) is 7.95. The fourth-order valence-corrected chi connectivity index (χ4v) is 10.5. The van der Waals surface area contributed by atoms with Crippen LogP contribution in [0.5, 0.6) is 0 Å². The largest absolute Gasteiger partial charge is 0.393 e. The summed E-state index contributed by atoms with van der Waals surface area (Å²) in [7, 11) is 0. The summed E-state index contributed by atoms with van der Waals surface area (Å²) in [6.45, 7) is 12.8. The lowest BCUT2D eigenvalue weighted by atomic mass is 9.67. The van der Waals surface area contributed by atoms with Crippen molar-refractivity contribution in [2.75, 3.05) is 32.8 Å². The molecule has 7 heteroatoms. The van der Waals surface area contributed by atoms with Crippen LogP contribution in [0.4, 0.5) is 0 Å². The Labute approximate surface area is 241 Å². The Morgan fingerprint density at radius 1 is 1.08 bits per heavy atom. The minimum atomic E-state index is -0.551. The molecular weight excluding hydrogens is 512 g/mol. The van der Waals surface area contributed by atoms with E-state index in [1.165, 1.54) is 25.7 Å². The van der Waals surface area contributed by atoms with Gasteiger partial charge in [-0.05, 0) is 121 Å². The number of aliphatic hydroxyl groups excluding tert-OH is 1. The normalized spacial score (nSPS) is 49.2. The number of rotatable bonds is 8. The zero-order valence-electron chi connectivity index (χ0n) is 25.0. The Morgan fingerprint density at radius 3 is 2.59 bits per heavy atom. The second-order valence-electron chi connectivity index (χ2n) is 15.3. The Bertz CT molecular complexity index is 878. The zero-order chi connectivity index (χ0) is 27.6. The highest BCUT2D eigenvalue weighted by Gasteiger charge is 2.92. The van der Waals surface area contributed by atoms with Crippen LogP contribution in [-0.2, 0) is 9.47 Å². The van der Waals surface area contributed by atoms with Crippen molar-refractivity contribution in [3.8, 4) is 0 Å². The van der Waals surface area contributed by atoms with Crippen LogP contribution in [0.25, 0.3) is 0 Å². The lowest BCUT2D eigenvalue weighted by Crippen LogP contribution is -2.47. The summed E-state index contributed by atoms with van der Waals surface area (Å²) in [4.78, 5) is 2.62. The summed E-state index contributed by atoms with van der Waals surface area (Å²) in [6, 6.07) is 0.472. The van der Waals surface area contributed by atoms with Gasteiger partial charge in [-0.2, -0.15) is 0 Å². The van der Waals surface area contributed by atoms with Gasteiger partial charge < -0.3 is 25.0 Å². The Balaban J connectivity index is 1.11. The maximum atomic E-state index is 12.0. The number of aliphatic hydroxyl groups is 2. The molecule has 0 aromatic carbocycles. The topological polar surface area (TPSA) is 74.0 Å². The van der Waals surface area contributed by atoms with Crippen LogP contribution in [0.15, 0.2) is 0 Å². The highest BCUT2D eigenvalue weighted by Crippen LogP contribution is 2.78.